The van der Waals surface area contributed by atoms with E-state index in [0.29, 0.717) is 6.04 Å². The largest absolute Gasteiger partial charge is 0.337 e. The maximum Gasteiger partial charge on any atom is 0.315 e. The highest BCUT2D eigenvalue weighted by Crippen LogP contribution is 2.24. The number of hydrogen-bond acceptors (Lipinski definition) is 3. The third kappa shape index (κ3) is 4.23. The molecule has 5 heteroatoms. The molecule has 0 bridgehead atoms. The van der Waals surface area contributed by atoms with Crippen molar-refractivity contribution in [3.05, 3.63) is 21.9 Å². The molecule has 2 aliphatic rings. The molecular formula is C17H27N3OS. The zero-order chi connectivity index (χ0) is 15.4. The molecular weight excluding hydrogens is 294 g/mol. The average molecular weight is 321 g/mol. The summed E-state index contributed by atoms with van der Waals surface area (Å²) in [6.45, 7) is 6.08. The molecule has 1 aliphatic heterocycles. The van der Waals surface area contributed by atoms with E-state index in [9.17, 15) is 4.79 Å². The fourth-order valence-corrected chi connectivity index (χ4v) is 4.52. The minimum atomic E-state index is 0.00679. The molecule has 0 spiro atoms. The topological polar surface area (TPSA) is 44.4 Å². The minimum absolute atomic E-state index is 0.00679. The summed E-state index contributed by atoms with van der Waals surface area (Å²) in [7, 11) is 0. The van der Waals surface area contributed by atoms with E-state index in [2.05, 4.69) is 33.9 Å². The first kappa shape index (κ1) is 15.8. The average Bonchev–Trinajstić information content (AvgIpc) is 2.95. The molecule has 2 N–H and O–H groups in total. The first-order valence-corrected chi connectivity index (χ1v) is 9.40. The van der Waals surface area contributed by atoms with Gasteiger partial charge in [-0.2, -0.15) is 0 Å². The highest BCUT2D eigenvalue weighted by molar-refractivity contribution is 7.10. The molecule has 2 atom stereocenters. The highest BCUT2D eigenvalue weighted by Gasteiger charge is 2.20. The molecule has 0 saturated heterocycles. The summed E-state index contributed by atoms with van der Waals surface area (Å²) in [5, 5.41) is 8.34. The molecule has 22 heavy (non-hydrogen) atoms. The van der Waals surface area contributed by atoms with Crippen molar-refractivity contribution in [2.75, 3.05) is 19.6 Å². The molecule has 1 aromatic heterocycles. The van der Waals surface area contributed by atoms with Gasteiger partial charge in [0, 0.05) is 37.1 Å². The van der Waals surface area contributed by atoms with Crippen LogP contribution in [-0.4, -0.2) is 36.6 Å². The Morgan fingerprint density at radius 3 is 3.23 bits per heavy atom. The third-order valence-electron chi connectivity index (χ3n) is 4.87. The van der Waals surface area contributed by atoms with Crippen LogP contribution in [0.2, 0.25) is 0 Å². The van der Waals surface area contributed by atoms with Gasteiger partial charge >= 0.3 is 6.03 Å². The Labute approximate surface area is 137 Å². The van der Waals surface area contributed by atoms with Crippen LogP contribution in [-0.2, 0) is 13.0 Å². The fourth-order valence-electron chi connectivity index (χ4n) is 3.63. The summed E-state index contributed by atoms with van der Waals surface area (Å²) >= 11 is 1.87. The van der Waals surface area contributed by atoms with Crippen LogP contribution in [0.1, 0.15) is 43.0 Å². The second kappa shape index (κ2) is 7.47. The van der Waals surface area contributed by atoms with Crippen molar-refractivity contribution >= 4 is 17.4 Å². The van der Waals surface area contributed by atoms with E-state index in [0.717, 1.165) is 51.4 Å². The molecule has 3 rings (SSSR count). The van der Waals surface area contributed by atoms with Crippen LogP contribution in [0, 0.1) is 5.92 Å². The number of nitrogens with zero attached hydrogens (tertiary/aromatic N) is 1. The van der Waals surface area contributed by atoms with Gasteiger partial charge in [0.1, 0.15) is 0 Å². The first-order chi connectivity index (χ1) is 10.7. The van der Waals surface area contributed by atoms with Crippen LogP contribution in [0.4, 0.5) is 4.79 Å². The number of carbonyl (C=O) groups excluding carboxylic acids is 1. The second-order valence-corrected chi connectivity index (χ2v) is 7.76. The lowest BCUT2D eigenvalue weighted by molar-refractivity contribution is 0.220. The number of rotatable bonds is 4. The SMILES string of the molecule is C[C@H]1CCC[C@H](NC(=O)NCCN2CCc3sccc3C2)C1. The summed E-state index contributed by atoms with van der Waals surface area (Å²) in [4.78, 5) is 15.9. The van der Waals surface area contributed by atoms with Crippen LogP contribution < -0.4 is 10.6 Å². The van der Waals surface area contributed by atoms with E-state index in [1.54, 1.807) is 0 Å². The van der Waals surface area contributed by atoms with E-state index in [1.807, 2.05) is 11.3 Å². The van der Waals surface area contributed by atoms with E-state index >= 15 is 0 Å². The summed E-state index contributed by atoms with van der Waals surface area (Å²) in [6, 6.07) is 2.61. The summed E-state index contributed by atoms with van der Waals surface area (Å²) in [5.74, 6) is 0.743. The van der Waals surface area contributed by atoms with E-state index in [-0.39, 0.29) is 6.03 Å². The van der Waals surface area contributed by atoms with Crippen LogP contribution >= 0.6 is 11.3 Å². The van der Waals surface area contributed by atoms with E-state index in [4.69, 9.17) is 0 Å². The summed E-state index contributed by atoms with van der Waals surface area (Å²) < 4.78 is 0. The first-order valence-electron chi connectivity index (χ1n) is 8.52. The predicted molar refractivity (Wildman–Crippen MR) is 91.3 cm³/mol. The lowest BCUT2D eigenvalue weighted by atomic mass is 9.87. The maximum absolute atomic E-state index is 12.0. The minimum Gasteiger partial charge on any atom is -0.337 e. The van der Waals surface area contributed by atoms with Gasteiger partial charge in [-0.1, -0.05) is 19.8 Å². The molecule has 1 aliphatic carbocycles. The number of hydrogen-bond donors (Lipinski definition) is 2. The number of carbonyl (C=O) groups is 1. The smallest absolute Gasteiger partial charge is 0.315 e. The van der Waals surface area contributed by atoms with E-state index < -0.39 is 0 Å². The number of thiophene rings is 1. The molecule has 0 radical (unpaired) electrons. The summed E-state index contributed by atoms with van der Waals surface area (Å²) in [6.07, 6.45) is 5.95. The maximum atomic E-state index is 12.0. The Hall–Kier alpha value is -1.07. The van der Waals surface area contributed by atoms with Gasteiger partial charge in [0.15, 0.2) is 0 Å². The van der Waals surface area contributed by atoms with Crippen molar-refractivity contribution in [2.45, 2.75) is 51.6 Å². The van der Waals surface area contributed by atoms with Gasteiger partial charge in [0.2, 0.25) is 0 Å². The lowest BCUT2D eigenvalue weighted by Crippen LogP contribution is -2.46. The van der Waals surface area contributed by atoms with Gasteiger partial charge in [-0.3, -0.25) is 4.90 Å². The normalized spacial score (nSPS) is 25.5. The van der Waals surface area contributed by atoms with Crippen molar-refractivity contribution in [3.63, 3.8) is 0 Å². The molecule has 2 heterocycles. The standard InChI is InChI=1S/C17H27N3OS/c1-13-3-2-4-15(11-13)19-17(21)18-7-9-20-8-5-16-14(12-20)6-10-22-16/h6,10,13,15H,2-5,7-9,11-12H2,1H3,(H2,18,19,21)/t13-,15-/m0/s1. The van der Waals surface area contributed by atoms with Crippen molar-refractivity contribution < 1.29 is 4.79 Å². The van der Waals surface area contributed by atoms with Crippen LogP contribution in [0.15, 0.2) is 11.4 Å². The Kier molecular flexibility index (Phi) is 5.37. The molecule has 4 nitrogen and oxygen atoms in total. The predicted octanol–water partition coefficient (Wildman–Crippen LogP) is 2.98. The number of nitrogens with one attached hydrogen (secondary N) is 2. The van der Waals surface area contributed by atoms with Crippen molar-refractivity contribution in [1.82, 2.24) is 15.5 Å². The second-order valence-electron chi connectivity index (χ2n) is 6.76. The molecule has 0 aromatic carbocycles. The molecule has 1 fully saturated rings. The number of amides is 2. The lowest BCUT2D eigenvalue weighted by Gasteiger charge is -2.28. The monoisotopic (exact) mass is 321 g/mol. The molecule has 0 unspecified atom stereocenters. The van der Waals surface area contributed by atoms with Gasteiger partial charge in [0.05, 0.1) is 0 Å². The van der Waals surface area contributed by atoms with Crippen molar-refractivity contribution in [3.8, 4) is 0 Å². The van der Waals surface area contributed by atoms with Crippen LogP contribution in [0.5, 0.6) is 0 Å². The van der Waals surface area contributed by atoms with Gasteiger partial charge in [-0.25, -0.2) is 4.79 Å². The third-order valence-corrected chi connectivity index (χ3v) is 5.89. The Morgan fingerprint density at radius 2 is 2.36 bits per heavy atom. The van der Waals surface area contributed by atoms with E-state index in [1.165, 1.54) is 23.3 Å². The zero-order valence-corrected chi connectivity index (χ0v) is 14.3. The highest BCUT2D eigenvalue weighted by atomic mass is 32.1. The van der Waals surface area contributed by atoms with Gasteiger partial charge < -0.3 is 10.6 Å². The number of fused-ring (bicyclic) bond motifs is 1. The molecule has 1 aromatic rings. The fraction of sp³-hybridized carbons (Fsp3) is 0.706. The quantitative estimate of drug-likeness (QED) is 0.895. The van der Waals surface area contributed by atoms with Crippen LogP contribution in [0.25, 0.3) is 0 Å². The Bertz CT molecular complexity index is 502. The Morgan fingerprint density at radius 1 is 1.45 bits per heavy atom. The zero-order valence-electron chi connectivity index (χ0n) is 13.4. The van der Waals surface area contributed by atoms with Gasteiger partial charge in [-0.15, -0.1) is 11.3 Å². The van der Waals surface area contributed by atoms with Crippen molar-refractivity contribution in [2.24, 2.45) is 5.92 Å². The number of urea groups is 1. The van der Waals surface area contributed by atoms with Crippen molar-refractivity contribution in [1.29, 1.82) is 0 Å². The summed E-state index contributed by atoms with van der Waals surface area (Å²) in [5.41, 5.74) is 1.47. The molecule has 1 saturated carbocycles. The van der Waals surface area contributed by atoms with Gasteiger partial charge in [-0.05, 0) is 42.2 Å². The van der Waals surface area contributed by atoms with Crippen LogP contribution in [0.3, 0.4) is 0 Å². The van der Waals surface area contributed by atoms with Gasteiger partial charge in [0.25, 0.3) is 0 Å². The molecule has 122 valence electrons. The Balaban J connectivity index is 1.34. The molecule has 2 amide bonds.